The molecule has 0 fully saturated rings. The monoisotopic (exact) mass is 484 g/mol. The molecule has 8 heteroatoms. The van der Waals surface area contributed by atoms with Gasteiger partial charge in [0.05, 0.1) is 7.11 Å². The normalized spacial score (nSPS) is 12.2. The summed E-state index contributed by atoms with van der Waals surface area (Å²) in [6, 6.07) is 16.5. The number of aromatic nitrogens is 1. The summed E-state index contributed by atoms with van der Waals surface area (Å²) in [7, 11) is 1.58. The number of anilines is 1. The van der Waals surface area contributed by atoms with Crippen LogP contribution in [0.2, 0.25) is 0 Å². The van der Waals surface area contributed by atoms with Gasteiger partial charge in [0.25, 0.3) is 0 Å². The Hall–Kier alpha value is -3.52. The van der Waals surface area contributed by atoms with Crippen LogP contribution < -0.4 is 24.5 Å². The van der Waals surface area contributed by atoms with Crippen LogP contribution in [0.25, 0.3) is 11.5 Å². The molecule has 34 heavy (non-hydrogen) atoms. The van der Waals surface area contributed by atoms with Gasteiger partial charge in [0.15, 0.2) is 17.4 Å². The summed E-state index contributed by atoms with van der Waals surface area (Å²) in [4.78, 5) is 0.205. The molecule has 0 aliphatic carbocycles. The topological polar surface area (TPSA) is 57.4 Å². The van der Waals surface area contributed by atoms with Crippen molar-refractivity contribution < 1.29 is 27.9 Å². The molecular formula is C26H26F2N2O3S. The van der Waals surface area contributed by atoms with Gasteiger partial charge in [0, 0.05) is 17.8 Å². The number of alkyl halides is 2. The Morgan fingerprint density at radius 2 is 1.50 bits per heavy atom. The van der Waals surface area contributed by atoms with Crippen molar-refractivity contribution in [1.29, 1.82) is 0 Å². The quantitative estimate of drug-likeness (QED) is 0.221. The van der Waals surface area contributed by atoms with E-state index in [2.05, 4.69) is 30.8 Å². The van der Waals surface area contributed by atoms with Crippen LogP contribution in [-0.4, -0.2) is 18.7 Å². The van der Waals surface area contributed by atoms with Gasteiger partial charge in [-0.05, 0) is 58.7 Å². The lowest BCUT2D eigenvalue weighted by molar-refractivity contribution is -0.577. The van der Waals surface area contributed by atoms with E-state index < -0.39 is 6.61 Å². The van der Waals surface area contributed by atoms with E-state index in [4.69, 9.17) is 17.0 Å². The van der Waals surface area contributed by atoms with Gasteiger partial charge in [-0.25, -0.2) is 0 Å². The lowest BCUT2D eigenvalue weighted by atomic mass is 9.88. The number of hydrogen-bond donors (Lipinski definition) is 1. The second-order valence-electron chi connectivity index (χ2n) is 8.51. The molecule has 0 saturated carbocycles. The standard InChI is InChI=1S/C26H26F2N2O3S/c1-26(2,3)18-13-15-30(16-14-18)22(24(34)29-19-7-11-20(32-4)12-8-19)23(31)17-5-9-21(10-6-17)33-25(27)28/h5-16,25H,1-4H3,(H-,29,31,34). The molecule has 0 aliphatic rings. The van der Waals surface area contributed by atoms with E-state index in [-0.39, 0.29) is 33.2 Å². The number of methoxy groups -OCH3 is 1. The summed E-state index contributed by atoms with van der Waals surface area (Å²) >= 11 is 5.62. The maximum absolute atomic E-state index is 13.5. The molecule has 0 bridgehead atoms. The van der Waals surface area contributed by atoms with Crippen LogP contribution in [-0.2, 0) is 5.41 Å². The Morgan fingerprint density at radius 1 is 0.941 bits per heavy atom. The summed E-state index contributed by atoms with van der Waals surface area (Å²) < 4.78 is 36.2. The third-order valence-electron chi connectivity index (χ3n) is 5.07. The van der Waals surface area contributed by atoms with Crippen molar-refractivity contribution in [1.82, 2.24) is 0 Å². The van der Waals surface area contributed by atoms with E-state index in [1.165, 1.54) is 24.3 Å². The molecule has 1 heterocycles. The van der Waals surface area contributed by atoms with E-state index in [1.54, 1.807) is 48.3 Å². The van der Waals surface area contributed by atoms with E-state index in [1.807, 2.05) is 12.1 Å². The first-order valence-corrected chi connectivity index (χ1v) is 10.9. The Morgan fingerprint density at radius 3 is 2.00 bits per heavy atom. The average Bonchev–Trinajstić information content (AvgIpc) is 2.79. The molecule has 0 spiro atoms. The van der Waals surface area contributed by atoms with Crippen molar-refractivity contribution in [2.75, 3.05) is 12.4 Å². The van der Waals surface area contributed by atoms with Gasteiger partial charge < -0.3 is 19.9 Å². The molecule has 3 rings (SSSR count). The van der Waals surface area contributed by atoms with Gasteiger partial charge in [0.1, 0.15) is 11.5 Å². The van der Waals surface area contributed by atoms with Crippen LogP contribution in [0.3, 0.4) is 0 Å². The number of benzene rings is 2. The number of nitrogens with one attached hydrogen (secondary N) is 1. The minimum absolute atomic E-state index is 0.0331. The number of hydrogen-bond acceptors (Lipinski definition) is 4. The molecule has 178 valence electrons. The second kappa shape index (κ2) is 10.6. The molecular weight excluding hydrogens is 458 g/mol. The largest absolute Gasteiger partial charge is 0.867 e. The maximum Gasteiger partial charge on any atom is 0.387 e. The third kappa shape index (κ3) is 6.29. The van der Waals surface area contributed by atoms with E-state index in [0.717, 1.165) is 5.56 Å². The summed E-state index contributed by atoms with van der Waals surface area (Å²) in [6.45, 7) is 3.35. The highest BCUT2D eigenvalue weighted by Crippen LogP contribution is 2.23. The number of thiocarbonyl (C=S) groups is 1. The Balaban J connectivity index is 2.02. The molecule has 0 atom stereocenters. The number of ether oxygens (including phenoxy) is 2. The Bertz CT molecular complexity index is 1150. The van der Waals surface area contributed by atoms with Crippen LogP contribution in [0.15, 0.2) is 73.1 Å². The van der Waals surface area contributed by atoms with E-state index >= 15 is 0 Å². The predicted octanol–water partition coefficient (Wildman–Crippen LogP) is 5.01. The van der Waals surface area contributed by atoms with Gasteiger partial charge in [-0.3, -0.25) is 0 Å². The van der Waals surface area contributed by atoms with Crippen LogP contribution in [0.4, 0.5) is 14.5 Å². The molecule has 0 amide bonds. The van der Waals surface area contributed by atoms with Crippen LogP contribution >= 0.6 is 12.2 Å². The zero-order chi connectivity index (χ0) is 24.9. The summed E-state index contributed by atoms with van der Waals surface area (Å²) in [6.07, 6.45) is 3.56. The molecule has 1 N–H and O–H groups in total. The fourth-order valence-corrected chi connectivity index (χ4v) is 3.52. The molecule has 3 aromatic rings. The van der Waals surface area contributed by atoms with Gasteiger partial charge in [-0.1, -0.05) is 45.1 Å². The van der Waals surface area contributed by atoms with Crippen molar-refractivity contribution in [3.05, 3.63) is 84.2 Å². The summed E-state index contributed by atoms with van der Waals surface area (Å²) in [5.41, 5.74) is 2.21. The van der Waals surface area contributed by atoms with Crippen molar-refractivity contribution in [2.45, 2.75) is 32.8 Å². The highest BCUT2D eigenvalue weighted by molar-refractivity contribution is 7.81. The molecule has 5 nitrogen and oxygen atoms in total. The summed E-state index contributed by atoms with van der Waals surface area (Å²) in [5, 5.41) is 16.6. The lowest BCUT2D eigenvalue weighted by Crippen LogP contribution is -2.40. The molecule has 2 aromatic carbocycles. The Kier molecular flexibility index (Phi) is 7.83. The lowest BCUT2D eigenvalue weighted by Gasteiger charge is -2.20. The molecule has 0 saturated heterocycles. The maximum atomic E-state index is 13.5. The number of rotatable bonds is 7. The second-order valence-corrected chi connectivity index (χ2v) is 8.92. The number of halogens is 2. The van der Waals surface area contributed by atoms with Crippen molar-refractivity contribution in [3.63, 3.8) is 0 Å². The van der Waals surface area contributed by atoms with Crippen molar-refractivity contribution in [2.24, 2.45) is 0 Å². The van der Waals surface area contributed by atoms with Gasteiger partial charge in [-0.2, -0.15) is 13.3 Å². The zero-order valence-electron chi connectivity index (χ0n) is 19.3. The van der Waals surface area contributed by atoms with E-state index in [0.29, 0.717) is 11.4 Å². The fourth-order valence-electron chi connectivity index (χ4n) is 3.20. The average molecular weight is 485 g/mol. The first kappa shape index (κ1) is 25.1. The van der Waals surface area contributed by atoms with Crippen LogP contribution in [0, 0.1) is 0 Å². The van der Waals surface area contributed by atoms with Crippen LogP contribution in [0.5, 0.6) is 11.5 Å². The first-order chi connectivity index (χ1) is 16.1. The van der Waals surface area contributed by atoms with E-state index in [9.17, 15) is 13.9 Å². The summed E-state index contributed by atoms with van der Waals surface area (Å²) in [5.74, 6) is 0.285. The minimum atomic E-state index is -2.94. The molecule has 0 unspecified atom stereocenters. The smallest absolute Gasteiger partial charge is 0.387 e. The predicted molar refractivity (Wildman–Crippen MR) is 131 cm³/mol. The third-order valence-corrected chi connectivity index (χ3v) is 5.37. The highest BCUT2D eigenvalue weighted by Gasteiger charge is 2.21. The van der Waals surface area contributed by atoms with Crippen molar-refractivity contribution >= 4 is 34.3 Å². The Labute approximate surface area is 203 Å². The van der Waals surface area contributed by atoms with Gasteiger partial charge >= 0.3 is 6.61 Å². The minimum Gasteiger partial charge on any atom is -0.867 e. The fraction of sp³-hybridized carbons (Fsp3) is 0.231. The van der Waals surface area contributed by atoms with Crippen molar-refractivity contribution in [3.8, 4) is 11.5 Å². The number of nitrogens with zero attached hydrogens (tertiary/aromatic N) is 1. The SMILES string of the molecule is COc1ccc(NC(=S)/C(=C(\[O-])c2ccc(OC(F)F)cc2)[n+]2ccc(C(C)(C)C)cc2)cc1. The van der Waals surface area contributed by atoms with Gasteiger partial charge in [-0.15, -0.1) is 0 Å². The number of pyridine rings is 1. The first-order valence-electron chi connectivity index (χ1n) is 10.5. The van der Waals surface area contributed by atoms with Crippen LogP contribution in [0.1, 0.15) is 31.9 Å². The molecule has 0 aliphatic heterocycles. The highest BCUT2D eigenvalue weighted by atomic mass is 32.1. The van der Waals surface area contributed by atoms with Gasteiger partial charge in [0.2, 0.25) is 5.70 Å². The zero-order valence-corrected chi connectivity index (χ0v) is 20.2. The molecule has 0 radical (unpaired) electrons. The molecule has 1 aromatic heterocycles.